The van der Waals surface area contributed by atoms with E-state index in [0.29, 0.717) is 12.5 Å². The van der Waals surface area contributed by atoms with Crippen LogP contribution in [0, 0.1) is 5.92 Å². The number of carbonyl (C=O) groups is 1. The highest BCUT2D eigenvalue weighted by molar-refractivity contribution is 5.65. The predicted molar refractivity (Wildman–Crippen MR) is 54.5 cm³/mol. The molecule has 0 amide bonds. The van der Waals surface area contributed by atoms with E-state index in [0.717, 1.165) is 12.8 Å². The summed E-state index contributed by atoms with van der Waals surface area (Å²) in [5, 5.41) is 0. The van der Waals surface area contributed by atoms with E-state index in [1.165, 1.54) is 19.8 Å². The summed E-state index contributed by atoms with van der Waals surface area (Å²) in [6, 6.07) is 0. The molecule has 1 atom stereocenters. The van der Waals surface area contributed by atoms with Gasteiger partial charge in [-0.15, -0.1) is 6.58 Å². The summed E-state index contributed by atoms with van der Waals surface area (Å²) < 4.78 is 4.82. The third-order valence-electron chi connectivity index (χ3n) is 2.01. The van der Waals surface area contributed by atoms with Crippen LogP contribution in [0.25, 0.3) is 0 Å². The van der Waals surface area contributed by atoms with Gasteiger partial charge in [-0.05, 0) is 18.8 Å². The Labute approximate surface area is 81.0 Å². The summed E-state index contributed by atoms with van der Waals surface area (Å²) in [7, 11) is 0. The van der Waals surface area contributed by atoms with E-state index < -0.39 is 0 Å². The van der Waals surface area contributed by atoms with Gasteiger partial charge in [0.15, 0.2) is 0 Å². The lowest BCUT2D eigenvalue weighted by atomic mass is 10.0. The summed E-state index contributed by atoms with van der Waals surface area (Å²) in [6.07, 6.45) is 6.46. The van der Waals surface area contributed by atoms with E-state index in [1.54, 1.807) is 0 Å². The van der Waals surface area contributed by atoms with Gasteiger partial charge in [0.1, 0.15) is 0 Å². The summed E-state index contributed by atoms with van der Waals surface area (Å²) in [6.45, 7) is 7.91. The molecule has 0 aliphatic carbocycles. The lowest BCUT2D eigenvalue weighted by Crippen LogP contribution is -2.00. The molecular formula is C11H20O2. The van der Waals surface area contributed by atoms with Gasteiger partial charge in [0.05, 0.1) is 6.61 Å². The monoisotopic (exact) mass is 184 g/mol. The normalized spacial score (nSPS) is 12.2. The van der Waals surface area contributed by atoms with Crippen molar-refractivity contribution in [3.05, 3.63) is 12.7 Å². The average Bonchev–Trinajstić information content (AvgIpc) is 2.10. The van der Waals surface area contributed by atoms with Crippen LogP contribution in [0.3, 0.4) is 0 Å². The maximum atomic E-state index is 10.4. The lowest BCUT2D eigenvalue weighted by molar-refractivity contribution is -0.141. The Morgan fingerprint density at radius 1 is 1.46 bits per heavy atom. The predicted octanol–water partition coefficient (Wildman–Crippen LogP) is 2.93. The first-order chi connectivity index (χ1) is 6.16. The Morgan fingerprint density at radius 2 is 2.15 bits per heavy atom. The van der Waals surface area contributed by atoms with Gasteiger partial charge in [0.25, 0.3) is 0 Å². The fraction of sp³-hybridized carbons (Fsp3) is 0.727. The minimum atomic E-state index is -0.181. The van der Waals surface area contributed by atoms with Crippen LogP contribution in [0.5, 0.6) is 0 Å². The Balaban J connectivity index is 3.08. The number of esters is 1. The molecule has 0 bridgehead atoms. The van der Waals surface area contributed by atoms with Crippen molar-refractivity contribution >= 4 is 5.97 Å². The zero-order chi connectivity index (χ0) is 10.1. The summed E-state index contributed by atoms with van der Waals surface area (Å²) in [4.78, 5) is 10.4. The maximum absolute atomic E-state index is 10.4. The van der Waals surface area contributed by atoms with E-state index in [2.05, 4.69) is 13.5 Å². The van der Waals surface area contributed by atoms with Crippen molar-refractivity contribution < 1.29 is 9.53 Å². The van der Waals surface area contributed by atoms with Gasteiger partial charge in [-0.3, -0.25) is 4.79 Å². The van der Waals surface area contributed by atoms with Crippen LogP contribution < -0.4 is 0 Å². The minimum absolute atomic E-state index is 0.181. The Morgan fingerprint density at radius 3 is 2.69 bits per heavy atom. The topological polar surface area (TPSA) is 26.3 Å². The molecule has 0 aliphatic rings. The molecule has 0 saturated heterocycles. The summed E-state index contributed by atoms with van der Waals surface area (Å²) in [5.41, 5.74) is 0. The number of hydrogen-bond acceptors (Lipinski definition) is 2. The quantitative estimate of drug-likeness (QED) is 0.345. The Hall–Kier alpha value is -0.790. The first kappa shape index (κ1) is 12.2. The van der Waals surface area contributed by atoms with Crippen molar-refractivity contribution in [2.24, 2.45) is 5.92 Å². The first-order valence-corrected chi connectivity index (χ1v) is 4.92. The third-order valence-corrected chi connectivity index (χ3v) is 2.01. The van der Waals surface area contributed by atoms with Gasteiger partial charge in [-0.1, -0.05) is 25.8 Å². The number of unbranched alkanes of at least 4 members (excludes halogenated alkanes) is 2. The SMILES string of the molecule is C=CC(C)CCCCCOC(C)=O. The number of carbonyl (C=O) groups excluding carboxylic acids is 1. The largest absolute Gasteiger partial charge is 0.466 e. The van der Waals surface area contributed by atoms with Crippen molar-refractivity contribution in [1.82, 2.24) is 0 Å². The highest BCUT2D eigenvalue weighted by Gasteiger charge is 1.96. The van der Waals surface area contributed by atoms with E-state index >= 15 is 0 Å². The van der Waals surface area contributed by atoms with Crippen molar-refractivity contribution in [2.45, 2.75) is 39.5 Å². The average molecular weight is 184 g/mol. The molecule has 0 fully saturated rings. The minimum Gasteiger partial charge on any atom is -0.466 e. The number of hydrogen-bond donors (Lipinski definition) is 0. The van der Waals surface area contributed by atoms with Crippen molar-refractivity contribution in [3.63, 3.8) is 0 Å². The molecule has 1 unspecified atom stereocenters. The van der Waals surface area contributed by atoms with Crippen LogP contribution in [0.2, 0.25) is 0 Å². The van der Waals surface area contributed by atoms with Gasteiger partial charge in [0.2, 0.25) is 0 Å². The smallest absolute Gasteiger partial charge is 0.302 e. The molecule has 0 N–H and O–H groups in total. The van der Waals surface area contributed by atoms with Crippen molar-refractivity contribution in [2.75, 3.05) is 6.61 Å². The third kappa shape index (κ3) is 9.12. The van der Waals surface area contributed by atoms with Gasteiger partial charge in [0, 0.05) is 6.92 Å². The van der Waals surface area contributed by atoms with Crippen LogP contribution in [0.4, 0.5) is 0 Å². The second-order valence-electron chi connectivity index (χ2n) is 3.40. The van der Waals surface area contributed by atoms with Crippen LogP contribution in [0.15, 0.2) is 12.7 Å². The highest BCUT2D eigenvalue weighted by Crippen LogP contribution is 2.09. The second kappa shape index (κ2) is 7.84. The molecule has 0 rings (SSSR count). The van der Waals surface area contributed by atoms with Crippen LogP contribution in [-0.2, 0) is 9.53 Å². The van der Waals surface area contributed by atoms with Gasteiger partial charge >= 0.3 is 5.97 Å². The molecule has 0 aromatic heterocycles. The fourth-order valence-electron chi connectivity index (χ4n) is 1.08. The van der Waals surface area contributed by atoms with E-state index in [9.17, 15) is 4.79 Å². The van der Waals surface area contributed by atoms with Gasteiger partial charge in [-0.2, -0.15) is 0 Å². The van der Waals surface area contributed by atoms with E-state index in [1.807, 2.05) is 6.08 Å². The molecule has 0 spiro atoms. The Bertz CT molecular complexity index is 152. The van der Waals surface area contributed by atoms with Gasteiger partial charge in [-0.25, -0.2) is 0 Å². The number of allylic oxidation sites excluding steroid dienone is 1. The number of ether oxygens (including phenoxy) is 1. The standard InChI is InChI=1S/C11H20O2/c1-4-10(2)8-6-5-7-9-13-11(3)12/h4,10H,1,5-9H2,2-3H3. The zero-order valence-electron chi connectivity index (χ0n) is 8.71. The highest BCUT2D eigenvalue weighted by atomic mass is 16.5. The molecule has 0 saturated carbocycles. The molecule has 0 aromatic carbocycles. The summed E-state index contributed by atoms with van der Waals surface area (Å²) >= 11 is 0. The second-order valence-corrected chi connectivity index (χ2v) is 3.40. The summed E-state index contributed by atoms with van der Waals surface area (Å²) in [5.74, 6) is 0.424. The van der Waals surface area contributed by atoms with Crippen molar-refractivity contribution in [1.29, 1.82) is 0 Å². The lowest BCUT2D eigenvalue weighted by Gasteiger charge is -2.05. The van der Waals surface area contributed by atoms with E-state index in [-0.39, 0.29) is 5.97 Å². The zero-order valence-corrected chi connectivity index (χ0v) is 8.71. The molecular weight excluding hydrogens is 164 g/mol. The van der Waals surface area contributed by atoms with Crippen LogP contribution in [0.1, 0.15) is 39.5 Å². The molecule has 13 heavy (non-hydrogen) atoms. The molecule has 76 valence electrons. The first-order valence-electron chi connectivity index (χ1n) is 4.92. The molecule has 0 aromatic rings. The van der Waals surface area contributed by atoms with Crippen LogP contribution in [-0.4, -0.2) is 12.6 Å². The molecule has 0 radical (unpaired) electrons. The van der Waals surface area contributed by atoms with E-state index in [4.69, 9.17) is 4.74 Å². The maximum Gasteiger partial charge on any atom is 0.302 e. The Kier molecular flexibility index (Phi) is 7.36. The van der Waals surface area contributed by atoms with Gasteiger partial charge < -0.3 is 4.74 Å². The number of rotatable bonds is 7. The molecule has 0 heterocycles. The fourth-order valence-corrected chi connectivity index (χ4v) is 1.08. The molecule has 2 heteroatoms. The molecule has 2 nitrogen and oxygen atoms in total. The van der Waals surface area contributed by atoms with Crippen LogP contribution >= 0.6 is 0 Å². The molecule has 0 aliphatic heterocycles. The van der Waals surface area contributed by atoms with Crippen molar-refractivity contribution in [3.8, 4) is 0 Å².